The lowest BCUT2D eigenvalue weighted by atomic mass is 10.2. The van der Waals surface area contributed by atoms with Gasteiger partial charge < -0.3 is 14.2 Å². The first kappa shape index (κ1) is 19.4. The van der Waals surface area contributed by atoms with E-state index in [4.69, 9.17) is 14.2 Å². The lowest BCUT2D eigenvalue weighted by Crippen LogP contribution is -2.24. The van der Waals surface area contributed by atoms with E-state index in [9.17, 15) is 14.9 Å². The summed E-state index contributed by atoms with van der Waals surface area (Å²) in [6.45, 7) is -0.0753. The number of nitro groups is 1. The number of nitrogens with one attached hydrogen (secondary N) is 1. The number of non-ortho nitro benzene ring substituents is 1. The number of rotatable bonds is 7. The molecule has 1 amide bonds. The Labute approximate surface area is 167 Å². The van der Waals surface area contributed by atoms with Crippen LogP contribution in [0.15, 0.2) is 52.0 Å². The van der Waals surface area contributed by atoms with Crippen molar-refractivity contribution in [2.24, 2.45) is 5.10 Å². The first-order valence-electron chi connectivity index (χ1n) is 7.98. The predicted molar refractivity (Wildman–Crippen MR) is 105 cm³/mol. The monoisotopic (exact) mass is 447 g/mol. The molecule has 2 aromatic rings. The Morgan fingerprint density at radius 2 is 2.11 bits per heavy atom. The van der Waals surface area contributed by atoms with E-state index in [1.165, 1.54) is 24.4 Å². The van der Waals surface area contributed by atoms with Crippen molar-refractivity contribution in [1.82, 2.24) is 5.43 Å². The molecule has 0 spiro atoms. The van der Waals surface area contributed by atoms with Gasteiger partial charge in [0.1, 0.15) is 5.75 Å². The third kappa shape index (κ3) is 5.07. The van der Waals surface area contributed by atoms with Crippen molar-refractivity contribution in [3.05, 3.63) is 62.6 Å². The van der Waals surface area contributed by atoms with Crippen LogP contribution in [0, 0.1) is 10.1 Å². The van der Waals surface area contributed by atoms with Crippen LogP contribution in [0.2, 0.25) is 0 Å². The number of benzene rings is 2. The van der Waals surface area contributed by atoms with Crippen LogP contribution >= 0.6 is 15.9 Å². The van der Waals surface area contributed by atoms with E-state index in [2.05, 4.69) is 26.5 Å². The van der Waals surface area contributed by atoms with Gasteiger partial charge in [-0.15, -0.1) is 0 Å². The summed E-state index contributed by atoms with van der Waals surface area (Å²) in [4.78, 5) is 21.9. The number of nitro benzene ring substituents is 1. The van der Waals surface area contributed by atoms with E-state index in [-0.39, 0.29) is 19.1 Å². The van der Waals surface area contributed by atoms with Crippen LogP contribution in [0.25, 0.3) is 6.08 Å². The van der Waals surface area contributed by atoms with E-state index in [0.29, 0.717) is 21.7 Å². The quantitative estimate of drug-likeness (QED) is 0.395. The maximum Gasteiger partial charge on any atom is 0.277 e. The Morgan fingerprint density at radius 3 is 2.89 bits per heavy atom. The fourth-order valence-corrected chi connectivity index (χ4v) is 2.70. The van der Waals surface area contributed by atoms with Gasteiger partial charge in [-0.25, -0.2) is 5.43 Å². The lowest BCUT2D eigenvalue weighted by Gasteiger charge is -2.06. The van der Waals surface area contributed by atoms with E-state index < -0.39 is 10.8 Å². The van der Waals surface area contributed by atoms with Gasteiger partial charge in [0.25, 0.3) is 11.6 Å². The first-order valence-corrected chi connectivity index (χ1v) is 8.77. The Bertz CT molecular complexity index is 960. The molecule has 1 N–H and O–H groups in total. The van der Waals surface area contributed by atoms with Gasteiger partial charge >= 0.3 is 0 Å². The van der Waals surface area contributed by atoms with Gasteiger partial charge in [-0.2, -0.15) is 5.10 Å². The third-order valence-electron chi connectivity index (χ3n) is 3.52. The van der Waals surface area contributed by atoms with E-state index in [0.717, 1.165) is 5.56 Å². The molecule has 10 heteroatoms. The number of carbonyl (C=O) groups is 1. The summed E-state index contributed by atoms with van der Waals surface area (Å²) in [7, 11) is 0. The number of carbonyl (C=O) groups excluding carboxylic acids is 1. The van der Waals surface area contributed by atoms with Gasteiger partial charge in [-0.1, -0.05) is 12.1 Å². The van der Waals surface area contributed by atoms with Crippen LogP contribution in [0.3, 0.4) is 0 Å². The smallest absolute Gasteiger partial charge is 0.277 e. The Morgan fingerprint density at radius 1 is 1.29 bits per heavy atom. The van der Waals surface area contributed by atoms with Crippen LogP contribution in [-0.2, 0) is 4.79 Å². The molecule has 0 saturated carbocycles. The van der Waals surface area contributed by atoms with Gasteiger partial charge in [0.15, 0.2) is 18.1 Å². The average molecular weight is 448 g/mol. The Hall–Kier alpha value is -3.40. The molecule has 1 aliphatic rings. The first-order chi connectivity index (χ1) is 13.5. The number of halogens is 1. The molecule has 2 aromatic carbocycles. The van der Waals surface area contributed by atoms with Crippen LogP contribution in [-0.4, -0.2) is 30.4 Å². The highest BCUT2D eigenvalue weighted by Crippen LogP contribution is 2.32. The molecule has 0 fully saturated rings. The Balaban J connectivity index is 1.44. The molecule has 0 atom stereocenters. The molecule has 1 heterocycles. The summed E-state index contributed by atoms with van der Waals surface area (Å²) in [5.74, 6) is 1.23. The Kier molecular flexibility index (Phi) is 6.22. The number of hydrogen-bond donors (Lipinski definition) is 1. The number of hydrogen-bond acceptors (Lipinski definition) is 7. The summed E-state index contributed by atoms with van der Waals surface area (Å²) in [5.41, 5.74) is 3.13. The second-order valence-electron chi connectivity index (χ2n) is 5.45. The maximum atomic E-state index is 11.7. The second-order valence-corrected chi connectivity index (χ2v) is 6.30. The van der Waals surface area contributed by atoms with Crippen molar-refractivity contribution in [1.29, 1.82) is 0 Å². The van der Waals surface area contributed by atoms with Gasteiger partial charge in [0.05, 0.1) is 9.40 Å². The topological polar surface area (TPSA) is 112 Å². The van der Waals surface area contributed by atoms with Crippen LogP contribution in [0.5, 0.6) is 17.2 Å². The SMILES string of the molecule is O=C(COc1ccc([N+](=O)[O-])cc1Br)N/N=C\C=C\c1ccc2c(c1)OCO2. The minimum Gasteiger partial charge on any atom is -0.483 e. The summed E-state index contributed by atoms with van der Waals surface area (Å²) < 4.78 is 16.2. The van der Waals surface area contributed by atoms with Gasteiger partial charge in [-0.05, 0) is 45.8 Å². The molecule has 3 rings (SSSR count). The minimum absolute atomic E-state index is 0.0810. The van der Waals surface area contributed by atoms with Gasteiger partial charge in [0, 0.05) is 18.3 Å². The number of fused-ring (bicyclic) bond motifs is 1. The van der Waals surface area contributed by atoms with Crippen molar-refractivity contribution < 1.29 is 23.9 Å². The molecule has 0 bridgehead atoms. The number of hydrazone groups is 1. The lowest BCUT2D eigenvalue weighted by molar-refractivity contribution is -0.384. The molecule has 28 heavy (non-hydrogen) atoms. The third-order valence-corrected chi connectivity index (χ3v) is 4.14. The number of amides is 1. The number of ether oxygens (including phenoxy) is 3. The van der Waals surface area contributed by atoms with Crippen LogP contribution in [0.4, 0.5) is 5.69 Å². The van der Waals surface area contributed by atoms with Crippen molar-refractivity contribution in [3.8, 4) is 17.2 Å². The standard InChI is InChI=1S/C18H14BrN3O6/c19-14-9-13(22(24)25)4-6-15(14)26-10-18(23)21-20-7-1-2-12-3-5-16-17(8-12)28-11-27-16/h1-9H,10-11H2,(H,21,23)/b2-1+,20-7-. The molecule has 1 aliphatic heterocycles. The minimum atomic E-state index is -0.521. The predicted octanol–water partition coefficient (Wildman–Crippen LogP) is 3.28. The average Bonchev–Trinajstić information content (AvgIpc) is 3.14. The van der Waals surface area contributed by atoms with Crippen LogP contribution in [0.1, 0.15) is 5.56 Å². The molecule has 0 unspecified atom stereocenters. The molecule has 0 radical (unpaired) electrons. The highest BCUT2D eigenvalue weighted by Gasteiger charge is 2.12. The molecule has 9 nitrogen and oxygen atoms in total. The highest BCUT2D eigenvalue weighted by molar-refractivity contribution is 9.10. The molecule has 0 aromatic heterocycles. The highest BCUT2D eigenvalue weighted by atomic mass is 79.9. The zero-order valence-electron chi connectivity index (χ0n) is 14.3. The van der Waals surface area contributed by atoms with E-state index in [1.807, 2.05) is 18.2 Å². The number of allylic oxidation sites excluding steroid dienone is 1. The van der Waals surface area contributed by atoms with Crippen molar-refractivity contribution >= 4 is 39.8 Å². The summed E-state index contributed by atoms with van der Waals surface area (Å²) in [5, 5.41) is 14.5. The molecular formula is C18H14BrN3O6. The normalized spacial score (nSPS) is 12.5. The zero-order chi connectivity index (χ0) is 19.9. The fourth-order valence-electron chi connectivity index (χ4n) is 2.22. The summed E-state index contributed by atoms with van der Waals surface area (Å²) in [6, 6.07) is 9.51. The van der Waals surface area contributed by atoms with E-state index in [1.54, 1.807) is 12.2 Å². The van der Waals surface area contributed by atoms with Crippen LogP contribution < -0.4 is 19.6 Å². The fraction of sp³-hybridized carbons (Fsp3) is 0.111. The van der Waals surface area contributed by atoms with Gasteiger partial charge in [-0.3, -0.25) is 14.9 Å². The summed E-state index contributed by atoms with van der Waals surface area (Å²) in [6.07, 6.45) is 4.87. The zero-order valence-corrected chi connectivity index (χ0v) is 15.9. The van der Waals surface area contributed by atoms with E-state index >= 15 is 0 Å². The molecular weight excluding hydrogens is 434 g/mol. The number of nitrogens with zero attached hydrogens (tertiary/aromatic N) is 2. The summed E-state index contributed by atoms with van der Waals surface area (Å²) >= 11 is 3.16. The maximum absolute atomic E-state index is 11.7. The van der Waals surface area contributed by atoms with Crippen molar-refractivity contribution in [3.63, 3.8) is 0 Å². The largest absolute Gasteiger partial charge is 0.483 e. The molecule has 0 aliphatic carbocycles. The van der Waals surface area contributed by atoms with Crippen molar-refractivity contribution in [2.75, 3.05) is 13.4 Å². The van der Waals surface area contributed by atoms with Gasteiger partial charge in [0.2, 0.25) is 6.79 Å². The van der Waals surface area contributed by atoms with Crippen molar-refractivity contribution in [2.45, 2.75) is 0 Å². The molecule has 0 saturated heterocycles. The second kappa shape index (κ2) is 9.00. The molecule has 144 valence electrons.